The Morgan fingerprint density at radius 1 is 1.39 bits per heavy atom. The van der Waals surface area contributed by atoms with Crippen molar-refractivity contribution in [3.05, 3.63) is 63.7 Å². The zero-order chi connectivity index (χ0) is 16.6. The van der Waals surface area contributed by atoms with Crippen molar-refractivity contribution in [1.29, 1.82) is 0 Å². The van der Waals surface area contributed by atoms with Crippen molar-refractivity contribution < 1.29 is 4.39 Å². The fourth-order valence-electron chi connectivity index (χ4n) is 2.40. The zero-order valence-electron chi connectivity index (χ0n) is 12.3. The fourth-order valence-corrected chi connectivity index (χ4v) is 2.63. The van der Waals surface area contributed by atoms with E-state index < -0.39 is 17.4 Å². The Labute approximate surface area is 136 Å². The highest BCUT2D eigenvalue weighted by Crippen LogP contribution is 2.24. The molecule has 0 aliphatic heterocycles. The highest BCUT2D eigenvalue weighted by molar-refractivity contribution is 6.35. The van der Waals surface area contributed by atoms with Crippen LogP contribution < -0.4 is 11.3 Å². The van der Waals surface area contributed by atoms with Crippen molar-refractivity contribution in [3.63, 3.8) is 0 Å². The molecule has 0 unspecified atom stereocenters. The lowest BCUT2D eigenvalue weighted by atomic mass is 10.1. The molecule has 5 nitrogen and oxygen atoms in total. The van der Waals surface area contributed by atoms with Gasteiger partial charge >= 0.3 is 0 Å². The van der Waals surface area contributed by atoms with E-state index in [9.17, 15) is 9.18 Å². The van der Waals surface area contributed by atoms with Gasteiger partial charge in [-0.3, -0.25) is 14.3 Å². The van der Waals surface area contributed by atoms with Crippen LogP contribution >= 0.6 is 11.6 Å². The van der Waals surface area contributed by atoms with Crippen molar-refractivity contribution in [2.24, 2.45) is 5.73 Å². The Kier molecular flexibility index (Phi) is 4.11. The van der Waals surface area contributed by atoms with Gasteiger partial charge in [0.1, 0.15) is 17.2 Å². The first-order chi connectivity index (χ1) is 11.0. The topological polar surface area (TPSA) is 73.8 Å². The Balaban J connectivity index is 2.48. The maximum atomic E-state index is 14.1. The largest absolute Gasteiger partial charge is 0.321 e. The highest BCUT2D eigenvalue weighted by atomic mass is 35.5. The van der Waals surface area contributed by atoms with Crippen LogP contribution in [0.15, 0.2) is 41.5 Å². The molecule has 1 atom stereocenters. The summed E-state index contributed by atoms with van der Waals surface area (Å²) in [6.45, 7) is 1.86. The van der Waals surface area contributed by atoms with Gasteiger partial charge in [0.25, 0.3) is 5.56 Å². The Morgan fingerprint density at radius 2 is 2.17 bits per heavy atom. The van der Waals surface area contributed by atoms with Gasteiger partial charge in [-0.15, -0.1) is 0 Å². The molecule has 0 radical (unpaired) electrons. The van der Waals surface area contributed by atoms with E-state index in [-0.39, 0.29) is 21.7 Å². The normalized spacial score (nSPS) is 12.5. The first kappa shape index (κ1) is 15.6. The van der Waals surface area contributed by atoms with Gasteiger partial charge in [-0.2, -0.15) is 0 Å². The summed E-state index contributed by atoms with van der Waals surface area (Å²) < 4.78 is 15.4. The summed E-state index contributed by atoms with van der Waals surface area (Å²) in [6.07, 6.45) is 3.66. The second kappa shape index (κ2) is 6.06. The number of pyridine rings is 1. The number of halogens is 2. The maximum absolute atomic E-state index is 14.1. The molecule has 3 rings (SSSR count). The van der Waals surface area contributed by atoms with E-state index in [1.54, 1.807) is 18.3 Å². The molecule has 7 heteroatoms. The van der Waals surface area contributed by atoms with E-state index in [1.807, 2.05) is 6.92 Å². The molecule has 3 aromatic rings. The number of hydrogen-bond donors (Lipinski definition) is 1. The van der Waals surface area contributed by atoms with Gasteiger partial charge < -0.3 is 5.73 Å². The van der Waals surface area contributed by atoms with Gasteiger partial charge in [-0.25, -0.2) is 9.37 Å². The van der Waals surface area contributed by atoms with E-state index in [1.165, 1.54) is 22.9 Å². The molecule has 0 saturated heterocycles. The van der Waals surface area contributed by atoms with Gasteiger partial charge in [0, 0.05) is 6.20 Å². The number of fused-ring (bicyclic) bond motifs is 1. The first-order valence-electron chi connectivity index (χ1n) is 7.11. The lowest BCUT2D eigenvalue weighted by Crippen LogP contribution is -2.28. The predicted octanol–water partition coefficient (Wildman–Crippen LogP) is 2.98. The van der Waals surface area contributed by atoms with Crippen LogP contribution in [0.5, 0.6) is 0 Å². The lowest BCUT2D eigenvalue weighted by molar-refractivity contribution is 0.609. The van der Waals surface area contributed by atoms with E-state index in [0.717, 1.165) is 0 Å². The van der Waals surface area contributed by atoms with Crippen LogP contribution in [0.2, 0.25) is 5.02 Å². The summed E-state index contributed by atoms with van der Waals surface area (Å²) in [5.74, 6) is -0.330. The van der Waals surface area contributed by atoms with Crippen molar-refractivity contribution in [2.45, 2.75) is 19.4 Å². The average molecular weight is 333 g/mol. The maximum Gasteiger partial charge on any atom is 0.267 e. The van der Waals surface area contributed by atoms with E-state index >= 15 is 0 Å². The molecule has 0 aliphatic rings. The lowest BCUT2D eigenvalue weighted by Gasteiger charge is -2.17. The van der Waals surface area contributed by atoms with Crippen molar-refractivity contribution >= 4 is 22.5 Å². The molecule has 0 aliphatic carbocycles. The van der Waals surface area contributed by atoms with E-state index in [4.69, 9.17) is 17.3 Å². The van der Waals surface area contributed by atoms with Crippen LogP contribution in [0.1, 0.15) is 25.2 Å². The number of nitrogens with two attached hydrogens (primary N) is 1. The molecule has 0 fully saturated rings. The molecule has 1 aromatic carbocycles. The molecular formula is C16H14ClFN4O. The minimum atomic E-state index is -0.607. The molecule has 118 valence electrons. The van der Waals surface area contributed by atoms with Crippen LogP contribution in [-0.2, 0) is 0 Å². The van der Waals surface area contributed by atoms with E-state index in [2.05, 4.69) is 9.97 Å². The van der Waals surface area contributed by atoms with Crippen molar-refractivity contribution in [1.82, 2.24) is 14.5 Å². The molecular weight excluding hydrogens is 319 g/mol. The molecule has 0 bridgehead atoms. The minimum absolute atomic E-state index is 0.0302. The van der Waals surface area contributed by atoms with Crippen LogP contribution in [0.25, 0.3) is 16.6 Å². The molecule has 2 aromatic heterocycles. The molecule has 23 heavy (non-hydrogen) atoms. The highest BCUT2D eigenvalue weighted by Gasteiger charge is 2.20. The van der Waals surface area contributed by atoms with Crippen LogP contribution in [0, 0.1) is 5.82 Å². The molecule has 0 saturated carbocycles. The summed E-state index contributed by atoms with van der Waals surface area (Å²) in [4.78, 5) is 21.2. The van der Waals surface area contributed by atoms with Gasteiger partial charge in [-0.05, 0) is 30.7 Å². The number of benzene rings is 1. The van der Waals surface area contributed by atoms with Crippen molar-refractivity contribution in [3.8, 4) is 5.69 Å². The van der Waals surface area contributed by atoms with Gasteiger partial charge in [0.15, 0.2) is 0 Å². The van der Waals surface area contributed by atoms with Crippen LogP contribution in [0.4, 0.5) is 4.39 Å². The predicted molar refractivity (Wildman–Crippen MR) is 87.3 cm³/mol. The fraction of sp³-hybridized carbons (Fsp3) is 0.188. The van der Waals surface area contributed by atoms with Crippen molar-refractivity contribution in [2.75, 3.05) is 0 Å². The summed E-state index contributed by atoms with van der Waals surface area (Å²) >= 11 is 6.09. The zero-order valence-corrected chi connectivity index (χ0v) is 13.1. The van der Waals surface area contributed by atoms with Gasteiger partial charge in [-0.1, -0.05) is 18.5 Å². The molecule has 0 spiro atoms. The number of aromatic nitrogens is 3. The molecule has 2 heterocycles. The third-order valence-corrected chi connectivity index (χ3v) is 3.94. The Bertz CT molecular complexity index is 927. The third kappa shape index (κ3) is 2.60. The monoisotopic (exact) mass is 332 g/mol. The van der Waals surface area contributed by atoms with Gasteiger partial charge in [0.05, 0.1) is 28.3 Å². The smallest absolute Gasteiger partial charge is 0.267 e. The summed E-state index contributed by atoms with van der Waals surface area (Å²) in [6, 6.07) is 5.41. The Hall–Kier alpha value is -2.31. The van der Waals surface area contributed by atoms with Gasteiger partial charge in [0.2, 0.25) is 0 Å². The van der Waals surface area contributed by atoms with E-state index in [0.29, 0.717) is 12.1 Å². The summed E-state index contributed by atoms with van der Waals surface area (Å²) in [7, 11) is 0. The average Bonchev–Trinajstić information content (AvgIpc) is 2.57. The second-order valence-corrected chi connectivity index (χ2v) is 5.50. The number of rotatable bonds is 3. The number of nitrogens with zero attached hydrogens (tertiary/aromatic N) is 3. The second-order valence-electron chi connectivity index (χ2n) is 5.09. The minimum Gasteiger partial charge on any atom is -0.321 e. The SMILES string of the molecule is CC[C@@H](N)c1nc2c(F)ccc(Cl)c2c(=O)n1-c1cccnc1. The Morgan fingerprint density at radius 3 is 2.83 bits per heavy atom. The quantitative estimate of drug-likeness (QED) is 0.800. The van der Waals surface area contributed by atoms with Crippen LogP contribution in [-0.4, -0.2) is 14.5 Å². The molecule has 0 amide bonds. The summed E-state index contributed by atoms with van der Waals surface area (Å²) in [5, 5.41) is 0.177. The van der Waals surface area contributed by atoms with Crippen LogP contribution in [0.3, 0.4) is 0 Å². The number of hydrogen-bond acceptors (Lipinski definition) is 4. The third-order valence-electron chi connectivity index (χ3n) is 3.63. The summed E-state index contributed by atoms with van der Waals surface area (Å²) in [5.41, 5.74) is 6.05. The molecule has 2 N–H and O–H groups in total. The first-order valence-corrected chi connectivity index (χ1v) is 7.49. The standard InChI is InChI=1S/C16H14ClFN4O/c1-2-12(19)15-21-14-11(18)6-5-10(17)13(14)16(23)22(15)9-4-3-7-20-8-9/h3-8,12H,2,19H2,1H3/t12-/m1/s1.